The van der Waals surface area contributed by atoms with Gasteiger partial charge < -0.3 is 4.98 Å². The number of hydrogen-bond donors (Lipinski definition) is 2. The van der Waals surface area contributed by atoms with Crippen molar-refractivity contribution in [3.8, 4) is 22.5 Å². The highest BCUT2D eigenvalue weighted by atomic mass is 19.1. The van der Waals surface area contributed by atoms with E-state index in [1.165, 1.54) is 30.5 Å². The third-order valence-electron chi connectivity index (χ3n) is 7.35. The van der Waals surface area contributed by atoms with Crippen LogP contribution < -0.4 is 0 Å². The molecule has 0 saturated carbocycles. The molecule has 0 spiro atoms. The van der Waals surface area contributed by atoms with Gasteiger partial charge >= 0.3 is 0 Å². The summed E-state index contributed by atoms with van der Waals surface area (Å²) in [6, 6.07) is 15.1. The van der Waals surface area contributed by atoms with Crippen molar-refractivity contribution in [3.05, 3.63) is 103 Å². The molecule has 6 rings (SSSR count). The normalized spacial score (nSPS) is 15.1. The van der Waals surface area contributed by atoms with E-state index >= 15 is 0 Å². The predicted octanol–water partition coefficient (Wildman–Crippen LogP) is 7.52. The smallest absolute Gasteiger partial charge is 0.123 e. The second-order valence-corrected chi connectivity index (χ2v) is 9.82. The zero-order chi connectivity index (χ0) is 26.1. The van der Waals surface area contributed by atoms with Crippen molar-refractivity contribution in [3.63, 3.8) is 0 Å². The second-order valence-electron chi connectivity index (χ2n) is 9.82. The summed E-state index contributed by atoms with van der Waals surface area (Å²) < 4.78 is 13.9. The van der Waals surface area contributed by atoms with Crippen LogP contribution in [0, 0.1) is 5.82 Å². The van der Waals surface area contributed by atoms with Crippen LogP contribution in [0.3, 0.4) is 0 Å². The molecule has 0 radical (unpaired) electrons. The molecule has 2 N–H and O–H groups in total. The van der Waals surface area contributed by atoms with Gasteiger partial charge in [0.1, 0.15) is 11.5 Å². The van der Waals surface area contributed by atoms with Crippen LogP contribution in [-0.4, -0.2) is 44.7 Å². The van der Waals surface area contributed by atoms with E-state index in [1.807, 2.05) is 12.1 Å². The Hall–Kier alpha value is -4.29. The van der Waals surface area contributed by atoms with Gasteiger partial charge in [-0.1, -0.05) is 43.0 Å². The minimum absolute atomic E-state index is 0.269. The maximum Gasteiger partial charge on any atom is 0.123 e. The van der Waals surface area contributed by atoms with Gasteiger partial charge in [0.25, 0.3) is 0 Å². The molecule has 38 heavy (non-hydrogen) atoms. The minimum Gasteiger partial charge on any atom is -0.352 e. The number of pyridine rings is 1. The van der Waals surface area contributed by atoms with Gasteiger partial charge in [0, 0.05) is 29.1 Å². The van der Waals surface area contributed by atoms with E-state index < -0.39 is 0 Å². The summed E-state index contributed by atoms with van der Waals surface area (Å²) in [5, 5.41) is 9.83. The maximum absolute atomic E-state index is 13.9. The molecule has 1 fully saturated rings. The van der Waals surface area contributed by atoms with Gasteiger partial charge in [-0.3, -0.25) is 15.0 Å². The van der Waals surface area contributed by atoms with Crippen molar-refractivity contribution >= 4 is 27.4 Å². The average Bonchev–Trinajstić information content (AvgIpc) is 3.70. The lowest BCUT2D eigenvalue weighted by Gasteiger charge is -2.15. The molecule has 4 heterocycles. The lowest BCUT2D eigenvalue weighted by Crippen LogP contribution is -2.21. The molecule has 1 saturated heterocycles. The quantitative estimate of drug-likeness (QED) is 0.226. The highest BCUT2D eigenvalue weighted by molar-refractivity contribution is 6.01. The number of benzene rings is 2. The number of halogens is 1. The van der Waals surface area contributed by atoms with Crippen molar-refractivity contribution in [2.45, 2.75) is 19.8 Å². The molecule has 0 unspecified atom stereocenters. The molecular formula is C32H30FN5. The molecule has 190 valence electrons. The number of nitrogens with one attached hydrogen (secondary N) is 2. The Bertz CT molecular complexity index is 1700. The molecule has 1 aliphatic rings. The number of aromatic amines is 2. The number of rotatable bonds is 7. The van der Waals surface area contributed by atoms with E-state index in [2.05, 4.69) is 75.0 Å². The number of H-pyrrole nitrogens is 2. The average molecular weight is 504 g/mol. The lowest BCUT2D eigenvalue weighted by atomic mass is 9.99. The first-order valence-electron chi connectivity index (χ1n) is 13.1. The molecule has 5 aromatic rings. The largest absolute Gasteiger partial charge is 0.352 e. The molecule has 3 aromatic heterocycles. The van der Waals surface area contributed by atoms with Crippen molar-refractivity contribution in [1.29, 1.82) is 0 Å². The van der Waals surface area contributed by atoms with Crippen LogP contribution in [0.1, 0.15) is 25.3 Å². The number of aromatic nitrogens is 4. The van der Waals surface area contributed by atoms with Crippen molar-refractivity contribution < 1.29 is 4.39 Å². The molecule has 0 amide bonds. The van der Waals surface area contributed by atoms with E-state index in [9.17, 15) is 4.39 Å². The number of likely N-dealkylation sites (tertiary alicyclic amines) is 1. The van der Waals surface area contributed by atoms with Crippen molar-refractivity contribution in [2.24, 2.45) is 0 Å². The van der Waals surface area contributed by atoms with Gasteiger partial charge in [0.05, 0.1) is 22.9 Å². The highest BCUT2D eigenvalue weighted by Crippen LogP contribution is 2.34. The SMILES string of the molecule is C=C/C(=C\C(=C/C)c1ccc2[nH]nc(-c3cc4c(-c5cccc(F)c5)cncc4[nH]3)c2c1)CN1CCCC1. The minimum atomic E-state index is -0.269. The van der Waals surface area contributed by atoms with Crippen molar-refractivity contribution in [2.75, 3.05) is 19.6 Å². The maximum atomic E-state index is 13.9. The standard InChI is InChI=1S/C32H30FN5/c1-3-21(20-38-12-5-6-13-38)14-22(4-2)23-10-11-29-27(16-23)32(37-36-29)30-17-26-28(18-34-19-31(26)35-30)24-8-7-9-25(33)15-24/h3-4,7-11,14-19,35H,1,5-6,12-13,20H2,2H3,(H,36,37)/b21-14+,22-4+. The first-order valence-corrected chi connectivity index (χ1v) is 13.1. The fourth-order valence-electron chi connectivity index (χ4n) is 5.36. The Morgan fingerprint density at radius 1 is 1.05 bits per heavy atom. The number of hydrogen-bond acceptors (Lipinski definition) is 3. The topological polar surface area (TPSA) is 60.6 Å². The zero-order valence-electron chi connectivity index (χ0n) is 21.5. The summed E-state index contributed by atoms with van der Waals surface area (Å²) in [5.41, 5.74) is 8.73. The Balaban J connectivity index is 1.39. The Morgan fingerprint density at radius 3 is 2.71 bits per heavy atom. The number of fused-ring (bicyclic) bond motifs is 2. The summed E-state index contributed by atoms with van der Waals surface area (Å²) >= 11 is 0. The van der Waals surface area contributed by atoms with Crippen molar-refractivity contribution in [1.82, 2.24) is 25.1 Å². The van der Waals surface area contributed by atoms with Crippen LogP contribution in [0.5, 0.6) is 0 Å². The van der Waals surface area contributed by atoms with Gasteiger partial charge in [0.2, 0.25) is 0 Å². The summed E-state index contributed by atoms with van der Waals surface area (Å²) in [5.74, 6) is -0.269. The number of allylic oxidation sites excluding steroid dienone is 3. The summed E-state index contributed by atoms with van der Waals surface area (Å²) in [6.45, 7) is 9.37. The Morgan fingerprint density at radius 2 is 1.92 bits per heavy atom. The first kappa shape index (κ1) is 24.1. The van der Waals surface area contributed by atoms with Crippen LogP contribution >= 0.6 is 0 Å². The van der Waals surface area contributed by atoms with Gasteiger partial charge in [-0.05, 0) is 85.5 Å². The van der Waals surface area contributed by atoms with E-state index in [-0.39, 0.29) is 5.82 Å². The van der Waals surface area contributed by atoms with Gasteiger partial charge in [-0.2, -0.15) is 5.10 Å². The predicted molar refractivity (Wildman–Crippen MR) is 154 cm³/mol. The van der Waals surface area contributed by atoms with Crippen LogP contribution in [0.25, 0.3) is 49.9 Å². The molecule has 0 atom stereocenters. The van der Waals surface area contributed by atoms with E-state index in [4.69, 9.17) is 0 Å². The van der Waals surface area contributed by atoms with Crippen LogP contribution in [-0.2, 0) is 0 Å². The molecule has 0 bridgehead atoms. The summed E-state index contributed by atoms with van der Waals surface area (Å²) in [7, 11) is 0. The van der Waals surface area contributed by atoms with Gasteiger partial charge in [-0.15, -0.1) is 0 Å². The Kier molecular flexibility index (Phi) is 6.48. The fraction of sp³-hybridized carbons (Fsp3) is 0.188. The number of nitrogens with zero attached hydrogens (tertiary/aromatic N) is 3. The third kappa shape index (κ3) is 4.59. The first-order chi connectivity index (χ1) is 18.6. The fourth-order valence-corrected chi connectivity index (χ4v) is 5.36. The lowest BCUT2D eigenvalue weighted by molar-refractivity contribution is 0.371. The molecule has 5 nitrogen and oxygen atoms in total. The van der Waals surface area contributed by atoms with Crippen LogP contribution in [0.4, 0.5) is 4.39 Å². The molecular weight excluding hydrogens is 473 g/mol. The zero-order valence-corrected chi connectivity index (χ0v) is 21.5. The van der Waals surface area contributed by atoms with E-state index in [1.54, 1.807) is 18.5 Å². The van der Waals surface area contributed by atoms with E-state index in [0.717, 1.165) is 75.1 Å². The molecule has 2 aromatic carbocycles. The summed E-state index contributed by atoms with van der Waals surface area (Å²) in [4.78, 5) is 10.4. The monoisotopic (exact) mass is 503 g/mol. The molecule has 1 aliphatic heterocycles. The second kappa shape index (κ2) is 10.2. The third-order valence-corrected chi connectivity index (χ3v) is 7.35. The van der Waals surface area contributed by atoms with Gasteiger partial charge in [0.15, 0.2) is 0 Å². The summed E-state index contributed by atoms with van der Waals surface area (Å²) in [6.07, 6.45) is 12.5. The van der Waals surface area contributed by atoms with Crippen LogP contribution in [0.2, 0.25) is 0 Å². The molecule has 0 aliphatic carbocycles. The molecule has 6 heteroatoms. The van der Waals surface area contributed by atoms with Gasteiger partial charge in [-0.25, -0.2) is 4.39 Å². The van der Waals surface area contributed by atoms with Crippen LogP contribution in [0.15, 0.2) is 91.3 Å². The Labute approximate surface area is 221 Å². The highest BCUT2D eigenvalue weighted by Gasteiger charge is 2.16. The van der Waals surface area contributed by atoms with E-state index in [0.29, 0.717) is 0 Å².